The van der Waals surface area contributed by atoms with Gasteiger partial charge in [-0.25, -0.2) is 0 Å². The van der Waals surface area contributed by atoms with Gasteiger partial charge in [0.25, 0.3) is 0 Å². The van der Waals surface area contributed by atoms with Crippen LogP contribution in [-0.2, 0) is 0 Å². The van der Waals surface area contributed by atoms with Crippen LogP contribution in [0.1, 0.15) is 16.9 Å². The molecular formula is C7H8N2OS. The molecule has 0 aliphatic rings. The molecule has 0 fully saturated rings. The highest BCUT2D eigenvalue weighted by Crippen LogP contribution is 2.05. The maximum Gasteiger partial charge on any atom is 0.191 e. The molecule has 3 nitrogen and oxygen atoms in total. The van der Waals surface area contributed by atoms with Crippen molar-refractivity contribution >= 4 is 11.3 Å². The molecule has 1 aromatic heterocycles. The second-order valence-electron chi connectivity index (χ2n) is 2.07. The molecule has 0 unspecified atom stereocenters. The molecule has 0 aromatic carbocycles. The number of hydrogen-bond donors (Lipinski definition) is 1. The van der Waals surface area contributed by atoms with Gasteiger partial charge in [-0.05, 0) is 19.8 Å². The van der Waals surface area contributed by atoms with Crippen molar-refractivity contribution in [1.29, 1.82) is 0 Å². The van der Waals surface area contributed by atoms with Gasteiger partial charge in [-0.1, -0.05) is 17.3 Å². The van der Waals surface area contributed by atoms with Crippen molar-refractivity contribution in [3.63, 3.8) is 0 Å². The van der Waals surface area contributed by atoms with Crippen LogP contribution in [0, 0.1) is 18.8 Å². The first-order valence-corrected chi connectivity index (χ1v) is 4.00. The normalized spacial score (nSPS) is 11.9. The Balaban J connectivity index is 2.74. The van der Waals surface area contributed by atoms with Crippen molar-refractivity contribution in [3.8, 4) is 11.8 Å². The second kappa shape index (κ2) is 3.46. The highest BCUT2D eigenvalue weighted by molar-refractivity contribution is 7.11. The Labute approximate surface area is 69.1 Å². The molecule has 0 amide bonds. The lowest BCUT2D eigenvalue weighted by Crippen LogP contribution is -1.92. The average Bonchev–Trinajstić information content (AvgIpc) is 2.31. The molecule has 1 aromatic rings. The third kappa shape index (κ3) is 2.66. The standard InChI is InChI=1S/C7H8N2OS/c1-5(10)3-4-7-9-8-6(2)11-7/h5,10H,1-2H3/t5-/m1/s1. The smallest absolute Gasteiger partial charge is 0.191 e. The van der Waals surface area contributed by atoms with Crippen molar-refractivity contribution < 1.29 is 5.11 Å². The van der Waals surface area contributed by atoms with Crippen molar-refractivity contribution in [1.82, 2.24) is 10.2 Å². The topological polar surface area (TPSA) is 46.0 Å². The fourth-order valence-electron chi connectivity index (χ4n) is 0.513. The molecule has 1 rings (SSSR count). The van der Waals surface area contributed by atoms with Crippen molar-refractivity contribution in [2.24, 2.45) is 0 Å². The van der Waals surface area contributed by atoms with Crippen LogP contribution in [0.3, 0.4) is 0 Å². The van der Waals surface area contributed by atoms with E-state index in [0.717, 1.165) is 5.01 Å². The summed E-state index contributed by atoms with van der Waals surface area (Å²) in [6.45, 7) is 3.48. The van der Waals surface area contributed by atoms with Gasteiger partial charge in [0.05, 0.1) is 0 Å². The SMILES string of the molecule is Cc1nnc(C#C[C@@H](C)O)s1. The van der Waals surface area contributed by atoms with Crippen LogP contribution >= 0.6 is 11.3 Å². The fraction of sp³-hybridized carbons (Fsp3) is 0.429. The van der Waals surface area contributed by atoms with E-state index < -0.39 is 6.10 Å². The first-order chi connectivity index (χ1) is 5.18. The van der Waals surface area contributed by atoms with Crippen LogP contribution in [0.4, 0.5) is 0 Å². The third-order valence-electron chi connectivity index (χ3n) is 0.914. The minimum Gasteiger partial charge on any atom is -0.381 e. The highest BCUT2D eigenvalue weighted by atomic mass is 32.1. The molecular weight excluding hydrogens is 160 g/mol. The average molecular weight is 168 g/mol. The lowest BCUT2D eigenvalue weighted by atomic mass is 10.4. The number of aryl methyl sites for hydroxylation is 1. The van der Waals surface area contributed by atoms with Crippen LogP contribution in [-0.4, -0.2) is 21.4 Å². The van der Waals surface area contributed by atoms with Gasteiger partial charge in [-0.2, -0.15) is 0 Å². The largest absolute Gasteiger partial charge is 0.381 e. The van der Waals surface area contributed by atoms with Crippen LogP contribution in [0.5, 0.6) is 0 Å². The molecule has 0 bridgehead atoms. The summed E-state index contributed by atoms with van der Waals surface area (Å²) in [4.78, 5) is 0. The molecule has 0 saturated heterocycles. The molecule has 0 spiro atoms. The molecule has 1 N–H and O–H groups in total. The van der Waals surface area contributed by atoms with E-state index in [1.54, 1.807) is 6.92 Å². The number of aliphatic hydroxyl groups is 1. The van der Waals surface area contributed by atoms with E-state index in [-0.39, 0.29) is 0 Å². The van der Waals surface area contributed by atoms with Gasteiger partial charge >= 0.3 is 0 Å². The Morgan fingerprint density at radius 1 is 1.55 bits per heavy atom. The predicted octanol–water partition coefficient (Wildman–Crippen LogP) is 0.579. The van der Waals surface area contributed by atoms with Gasteiger partial charge < -0.3 is 5.11 Å². The lowest BCUT2D eigenvalue weighted by Gasteiger charge is -1.84. The molecule has 0 saturated carbocycles. The molecule has 58 valence electrons. The van der Waals surface area contributed by atoms with E-state index in [1.165, 1.54) is 11.3 Å². The van der Waals surface area contributed by atoms with Crippen LogP contribution in [0.25, 0.3) is 0 Å². The van der Waals surface area contributed by atoms with Gasteiger partial charge in [-0.15, -0.1) is 10.2 Å². The zero-order valence-corrected chi connectivity index (χ0v) is 7.14. The Morgan fingerprint density at radius 2 is 2.27 bits per heavy atom. The van der Waals surface area contributed by atoms with Crippen molar-refractivity contribution in [2.45, 2.75) is 20.0 Å². The number of aromatic nitrogens is 2. The highest BCUT2D eigenvalue weighted by Gasteiger charge is 1.94. The minimum absolute atomic E-state index is 0.598. The molecule has 1 atom stereocenters. The summed E-state index contributed by atoms with van der Waals surface area (Å²) < 4.78 is 0. The van der Waals surface area contributed by atoms with E-state index in [4.69, 9.17) is 5.11 Å². The number of hydrogen-bond acceptors (Lipinski definition) is 4. The lowest BCUT2D eigenvalue weighted by molar-refractivity contribution is 0.253. The van der Waals surface area contributed by atoms with E-state index in [9.17, 15) is 0 Å². The molecule has 11 heavy (non-hydrogen) atoms. The summed E-state index contributed by atoms with van der Waals surface area (Å²) in [5.74, 6) is 5.30. The number of aliphatic hydroxyl groups excluding tert-OH is 1. The second-order valence-corrected chi connectivity index (χ2v) is 3.25. The Bertz CT molecular complexity index is 295. The van der Waals surface area contributed by atoms with Gasteiger partial charge in [0.15, 0.2) is 5.01 Å². The maximum atomic E-state index is 8.80. The maximum absolute atomic E-state index is 8.80. The van der Waals surface area contributed by atoms with Crippen LogP contribution in [0.15, 0.2) is 0 Å². The van der Waals surface area contributed by atoms with Gasteiger partial charge in [0, 0.05) is 0 Å². The summed E-state index contributed by atoms with van der Waals surface area (Å²) in [7, 11) is 0. The zero-order chi connectivity index (χ0) is 8.27. The first-order valence-electron chi connectivity index (χ1n) is 3.18. The zero-order valence-electron chi connectivity index (χ0n) is 6.33. The van der Waals surface area contributed by atoms with Gasteiger partial charge in [0.1, 0.15) is 11.1 Å². The summed E-state index contributed by atoms with van der Waals surface area (Å²) in [5, 5.41) is 17.9. The predicted molar refractivity (Wildman–Crippen MR) is 43.2 cm³/mol. The summed E-state index contributed by atoms with van der Waals surface area (Å²) in [6, 6.07) is 0. The first kappa shape index (κ1) is 8.18. The summed E-state index contributed by atoms with van der Waals surface area (Å²) in [5.41, 5.74) is 0. The summed E-state index contributed by atoms with van der Waals surface area (Å²) in [6.07, 6.45) is -0.598. The molecule has 0 aliphatic heterocycles. The number of rotatable bonds is 0. The monoisotopic (exact) mass is 168 g/mol. The van der Waals surface area contributed by atoms with Gasteiger partial charge in [0.2, 0.25) is 0 Å². The van der Waals surface area contributed by atoms with Gasteiger partial charge in [-0.3, -0.25) is 0 Å². The number of nitrogens with zero attached hydrogens (tertiary/aromatic N) is 2. The van der Waals surface area contributed by atoms with Crippen molar-refractivity contribution in [2.75, 3.05) is 0 Å². The van der Waals surface area contributed by atoms with E-state index in [2.05, 4.69) is 22.0 Å². The summed E-state index contributed by atoms with van der Waals surface area (Å²) >= 11 is 1.42. The molecule has 4 heteroatoms. The van der Waals surface area contributed by atoms with E-state index in [0.29, 0.717) is 5.01 Å². The Kier molecular flexibility index (Phi) is 2.58. The Morgan fingerprint density at radius 3 is 2.73 bits per heavy atom. The fourth-order valence-corrected chi connectivity index (χ4v) is 1.07. The van der Waals surface area contributed by atoms with Crippen LogP contribution in [0.2, 0.25) is 0 Å². The van der Waals surface area contributed by atoms with E-state index in [1.807, 2.05) is 6.92 Å². The van der Waals surface area contributed by atoms with Crippen LogP contribution < -0.4 is 0 Å². The molecule has 1 heterocycles. The quantitative estimate of drug-likeness (QED) is 0.576. The molecule has 0 aliphatic carbocycles. The van der Waals surface area contributed by atoms with E-state index >= 15 is 0 Å². The Hall–Kier alpha value is -0.920. The third-order valence-corrected chi connectivity index (χ3v) is 1.67. The molecule has 0 radical (unpaired) electrons. The minimum atomic E-state index is -0.598. The van der Waals surface area contributed by atoms with Crippen molar-refractivity contribution in [3.05, 3.63) is 10.0 Å².